The minimum Gasteiger partial charge on any atom is -0.268 e. The maximum Gasteiger partial charge on any atom is 0.0659 e. The molecule has 2 nitrogen and oxygen atoms in total. The highest BCUT2D eigenvalue weighted by atomic mass is 15.3. The molecule has 1 aromatic carbocycles. The second kappa shape index (κ2) is 5.17. The van der Waals surface area contributed by atoms with E-state index in [1.807, 2.05) is 10.9 Å². The molecule has 0 aliphatic heterocycles. The lowest BCUT2D eigenvalue weighted by atomic mass is 10.0. The standard InChI is InChI=1S/C15H20N2/c1-12(2)8-14-4-6-15(7-5-14)11-17-10-13(3)9-16-17/h4-7,9-10,12H,8,11H2,1-3H3. The van der Waals surface area contributed by atoms with Gasteiger partial charge in [0.05, 0.1) is 12.7 Å². The van der Waals surface area contributed by atoms with Crippen LogP contribution in [-0.4, -0.2) is 9.78 Å². The molecule has 0 aliphatic rings. The van der Waals surface area contributed by atoms with E-state index in [2.05, 4.69) is 56.3 Å². The molecule has 0 saturated carbocycles. The summed E-state index contributed by atoms with van der Waals surface area (Å²) in [5.74, 6) is 0.717. The summed E-state index contributed by atoms with van der Waals surface area (Å²) in [4.78, 5) is 0. The number of hydrogen-bond donors (Lipinski definition) is 0. The first-order chi connectivity index (χ1) is 8.13. The van der Waals surface area contributed by atoms with Crippen LogP contribution in [-0.2, 0) is 13.0 Å². The average Bonchev–Trinajstić information content (AvgIpc) is 2.66. The Hall–Kier alpha value is -1.57. The van der Waals surface area contributed by atoms with Crippen molar-refractivity contribution < 1.29 is 0 Å². The van der Waals surface area contributed by atoms with E-state index in [0.29, 0.717) is 0 Å². The monoisotopic (exact) mass is 228 g/mol. The van der Waals surface area contributed by atoms with Crippen molar-refractivity contribution in [3.63, 3.8) is 0 Å². The van der Waals surface area contributed by atoms with Crippen LogP contribution >= 0.6 is 0 Å². The number of rotatable bonds is 4. The summed E-state index contributed by atoms with van der Waals surface area (Å²) < 4.78 is 1.98. The third-order valence-corrected chi connectivity index (χ3v) is 2.77. The maximum absolute atomic E-state index is 4.30. The van der Waals surface area contributed by atoms with Crippen molar-refractivity contribution in [1.29, 1.82) is 0 Å². The first-order valence-electron chi connectivity index (χ1n) is 6.20. The van der Waals surface area contributed by atoms with Gasteiger partial charge in [0.2, 0.25) is 0 Å². The predicted octanol–water partition coefficient (Wildman–Crippen LogP) is 3.44. The highest BCUT2D eigenvalue weighted by Gasteiger charge is 1.99. The fourth-order valence-electron chi connectivity index (χ4n) is 1.99. The molecule has 0 saturated heterocycles. The topological polar surface area (TPSA) is 17.8 Å². The molecule has 0 atom stereocenters. The summed E-state index contributed by atoms with van der Waals surface area (Å²) in [6, 6.07) is 8.86. The predicted molar refractivity (Wildman–Crippen MR) is 71.1 cm³/mol. The van der Waals surface area contributed by atoms with Gasteiger partial charge in [-0.05, 0) is 36.0 Å². The van der Waals surface area contributed by atoms with Gasteiger partial charge in [0.1, 0.15) is 0 Å². The van der Waals surface area contributed by atoms with Gasteiger partial charge in [-0.15, -0.1) is 0 Å². The molecule has 2 heteroatoms. The smallest absolute Gasteiger partial charge is 0.0659 e. The van der Waals surface area contributed by atoms with Crippen molar-refractivity contribution in [2.45, 2.75) is 33.7 Å². The second-order valence-corrected chi connectivity index (χ2v) is 5.13. The molecular weight excluding hydrogens is 208 g/mol. The molecule has 0 bridgehead atoms. The molecule has 2 aromatic rings. The maximum atomic E-state index is 4.30. The van der Waals surface area contributed by atoms with E-state index in [4.69, 9.17) is 0 Å². The molecule has 0 amide bonds. The Morgan fingerprint density at radius 3 is 2.29 bits per heavy atom. The Morgan fingerprint density at radius 2 is 1.76 bits per heavy atom. The minimum absolute atomic E-state index is 0.717. The van der Waals surface area contributed by atoms with Crippen LogP contribution < -0.4 is 0 Å². The number of aryl methyl sites for hydroxylation is 1. The van der Waals surface area contributed by atoms with E-state index in [1.54, 1.807) is 0 Å². The van der Waals surface area contributed by atoms with E-state index in [1.165, 1.54) is 16.7 Å². The molecule has 0 N–H and O–H groups in total. The van der Waals surface area contributed by atoms with Crippen molar-refractivity contribution >= 4 is 0 Å². The van der Waals surface area contributed by atoms with Crippen molar-refractivity contribution in [3.8, 4) is 0 Å². The van der Waals surface area contributed by atoms with E-state index < -0.39 is 0 Å². The van der Waals surface area contributed by atoms with Gasteiger partial charge in [0.15, 0.2) is 0 Å². The molecule has 1 aromatic heterocycles. The minimum atomic E-state index is 0.717. The van der Waals surface area contributed by atoms with E-state index in [9.17, 15) is 0 Å². The number of nitrogens with zero attached hydrogens (tertiary/aromatic N) is 2. The zero-order valence-corrected chi connectivity index (χ0v) is 10.9. The molecule has 17 heavy (non-hydrogen) atoms. The lowest BCUT2D eigenvalue weighted by Gasteiger charge is -2.06. The fourth-order valence-corrected chi connectivity index (χ4v) is 1.99. The largest absolute Gasteiger partial charge is 0.268 e. The zero-order chi connectivity index (χ0) is 12.3. The summed E-state index contributed by atoms with van der Waals surface area (Å²) in [7, 11) is 0. The van der Waals surface area contributed by atoms with Gasteiger partial charge in [0.25, 0.3) is 0 Å². The van der Waals surface area contributed by atoms with Crippen LogP contribution in [0.15, 0.2) is 36.7 Å². The third kappa shape index (κ3) is 3.45. The Labute approximate surface area is 103 Å². The lowest BCUT2D eigenvalue weighted by molar-refractivity contribution is 0.646. The fraction of sp³-hybridized carbons (Fsp3) is 0.400. The second-order valence-electron chi connectivity index (χ2n) is 5.13. The number of hydrogen-bond acceptors (Lipinski definition) is 1. The summed E-state index contributed by atoms with van der Waals surface area (Å²) in [5, 5.41) is 4.30. The zero-order valence-electron chi connectivity index (χ0n) is 10.9. The van der Waals surface area contributed by atoms with Gasteiger partial charge < -0.3 is 0 Å². The van der Waals surface area contributed by atoms with Crippen LogP contribution in [0.1, 0.15) is 30.5 Å². The van der Waals surface area contributed by atoms with E-state index >= 15 is 0 Å². The van der Waals surface area contributed by atoms with Crippen LogP contribution in [0.25, 0.3) is 0 Å². The molecule has 0 unspecified atom stereocenters. The van der Waals surface area contributed by atoms with Gasteiger partial charge in [-0.25, -0.2) is 0 Å². The molecule has 2 rings (SSSR count). The third-order valence-electron chi connectivity index (χ3n) is 2.77. The van der Waals surface area contributed by atoms with Gasteiger partial charge in [-0.3, -0.25) is 4.68 Å². The normalized spacial score (nSPS) is 11.1. The Balaban J connectivity index is 2.03. The van der Waals surface area contributed by atoms with Crippen molar-refractivity contribution in [2.24, 2.45) is 5.92 Å². The lowest BCUT2D eigenvalue weighted by Crippen LogP contribution is -2.00. The Morgan fingerprint density at radius 1 is 1.12 bits per heavy atom. The summed E-state index contributed by atoms with van der Waals surface area (Å²) in [5.41, 5.74) is 3.93. The van der Waals surface area contributed by atoms with Crippen molar-refractivity contribution in [3.05, 3.63) is 53.3 Å². The first-order valence-corrected chi connectivity index (χ1v) is 6.20. The Kier molecular flexibility index (Phi) is 3.62. The van der Waals surface area contributed by atoms with Gasteiger partial charge in [-0.1, -0.05) is 38.1 Å². The number of aromatic nitrogens is 2. The van der Waals surface area contributed by atoms with Crippen LogP contribution in [0.3, 0.4) is 0 Å². The highest BCUT2D eigenvalue weighted by Crippen LogP contribution is 2.10. The molecule has 0 spiro atoms. The highest BCUT2D eigenvalue weighted by molar-refractivity contribution is 5.23. The molecule has 1 heterocycles. The van der Waals surface area contributed by atoms with Crippen LogP contribution in [0.4, 0.5) is 0 Å². The van der Waals surface area contributed by atoms with Crippen LogP contribution in [0, 0.1) is 12.8 Å². The summed E-state index contributed by atoms with van der Waals surface area (Å²) >= 11 is 0. The Bertz CT molecular complexity index is 466. The van der Waals surface area contributed by atoms with Crippen molar-refractivity contribution in [1.82, 2.24) is 9.78 Å². The van der Waals surface area contributed by atoms with Gasteiger partial charge >= 0.3 is 0 Å². The summed E-state index contributed by atoms with van der Waals surface area (Å²) in [6.07, 6.45) is 5.12. The first kappa shape index (κ1) is 11.9. The SMILES string of the molecule is Cc1cnn(Cc2ccc(CC(C)C)cc2)c1. The molecule has 0 radical (unpaired) electrons. The average molecular weight is 228 g/mol. The van der Waals surface area contributed by atoms with E-state index in [0.717, 1.165) is 18.9 Å². The molecule has 90 valence electrons. The quantitative estimate of drug-likeness (QED) is 0.784. The van der Waals surface area contributed by atoms with Gasteiger partial charge in [0, 0.05) is 6.20 Å². The van der Waals surface area contributed by atoms with Crippen molar-refractivity contribution in [2.75, 3.05) is 0 Å². The number of benzene rings is 1. The molecule has 0 fully saturated rings. The van der Waals surface area contributed by atoms with Crippen LogP contribution in [0.2, 0.25) is 0 Å². The summed E-state index contributed by atoms with van der Waals surface area (Å²) in [6.45, 7) is 7.42. The molecule has 0 aliphatic carbocycles. The van der Waals surface area contributed by atoms with Gasteiger partial charge in [-0.2, -0.15) is 5.10 Å². The van der Waals surface area contributed by atoms with E-state index in [-0.39, 0.29) is 0 Å². The molecular formula is C15H20N2. The van der Waals surface area contributed by atoms with Crippen LogP contribution in [0.5, 0.6) is 0 Å².